The fraction of sp³-hybridized carbons (Fsp3) is 0.316. The summed E-state index contributed by atoms with van der Waals surface area (Å²) in [6.45, 7) is 4.93. The number of rotatable bonds is 4. The van der Waals surface area contributed by atoms with Gasteiger partial charge in [0.2, 0.25) is 0 Å². The molecule has 0 saturated carbocycles. The average molecular weight is 384 g/mol. The maximum Gasteiger partial charge on any atom is 0.324 e. The van der Waals surface area contributed by atoms with E-state index in [1.807, 2.05) is 6.07 Å². The first kappa shape index (κ1) is 18.9. The molecular weight excluding hydrogens is 362 g/mol. The fourth-order valence-corrected chi connectivity index (χ4v) is 4.64. The number of benzene rings is 1. The van der Waals surface area contributed by atoms with E-state index < -0.39 is 11.9 Å². The number of nitriles is 1. The van der Waals surface area contributed by atoms with E-state index in [2.05, 4.69) is 24.6 Å². The van der Waals surface area contributed by atoms with E-state index in [0.29, 0.717) is 21.8 Å². The minimum absolute atomic E-state index is 0.423. The Morgan fingerprint density at radius 2 is 2.00 bits per heavy atom. The van der Waals surface area contributed by atoms with Crippen molar-refractivity contribution in [3.05, 3.63) is 45.8 Å². The standard InChI is InChI=1S/C19H21N5O2S/c1-3-24(2)9-8-14-15(11-24)27-18(16(14)17(21)25)23-19(26)22-13-6-4-12(10-20)5-7-13/h4-7H,3,8-9,11H2,1-2H3,(H3-,21,22,23,25,26)/p+1. The van der Waals surface area contributed by atoms with Gasteiger partial charge >= 0.3 is 6.03 Å². The molecule has 0 radical (unpaired) electrons. The van der Waals surface area contributed by atoms with Gasteiger partial charge in [0, 0.05) is 12.1 Å². The zero-order chi connectivity index (χ0) is 19.6. The predicted octanol–water partition coefficient (Wildman–Crippen LogP) is 2.89. The lowest BCUT2D eigenvalue weighted by Gasteiger charge is -2.36. The number of anilines is 2. The second kappa shape index (κ2) is 7.39. The molecule has 140 valence electrons. The van der Waals surface area contributed by atoms with Crippen molar-refractivity contribution in [2.24, 2.45) is 5.73 Å². The number of nitrogens with zero attached hydrogens (tertiary/aromatic N) is 2. The molecule has 0 spiro atoms. The zero-order valence-electron chi connectivity index (χ0n) is 15.3. The number of hydrogen-bond donors (Lipinski definition) is 3. The highest BCUT2D eigenvalue weighted by Gasteiger charge is 2.33. The number of nitrogens with two attached hydrogens (primary N) is 1. The molecule has 2 aromatic rings. The van der Waals surface area contributed by atoms with Gasteiger partial charge in [-0.1, -0.05) is 0 Å². The summed E-state index contributed by atoms with van der Waals surface area (Å²) in [5.41, 5.74) is 8.06. The van der Waals surface area contributed by atoms with Crippen molar-refractivity contribution >= 4 is 34.0 Å². The first-order valence-electron chi connectivity index (χ1n) is 8.71. The van der Waals surface area contributed by atoms with Crippen molar-refractivity contribution in [2.75, 3.05) is 30.8 Å². The number of quaternary nitrogens is 1. The summed E-state index contributed by atoms with van der Waals surface area (Å²) in [5.74, 6) is -0.520. The van der Waals surface area contributed by atoms with Gasteiger partial charge in [0.1, 0.15) is 11.5 Å². The lowest BCUT2D eigenvalue weighted by Crippen LogP contribution is -2.47. The van der Waals surface area contributed by atoms with Crippen LogP contribution in [-0.4, -0.2) is 36.6 Å². The van der Waals surface area contributed by atoms with Gasteiger partial charge in [-0.25, -0.2) is 4.79 Å². The quantitative estimate of drug-likeness (QED) is 0.705. The highest BCUT2D eigenvalue weighted by atomic mass is 32.1. The van der Waals surface area contributed by atoms with Gasteiger partial charge in [-0.15, -0.1) is 11.3 Å². The molecule has 0 aliphatic carbocycles. The Balaban J connectivity index is 1.81. The van der Waals surface area contributed by atoms with E-state index in [9.17, 15) is 9.59 Å². The molecule has 27 heavy (non-hydrogen) atoms. The van der Waals surface area contributed by atoms with E-state index in [1.165, 1.54) is 11.3 Å². The number of fused-ring (bicyclic) bond motifs is 1. The zero-order valence-corrected chi connectivity index (χ0v) is 16.2. The van der Waals surface area contributed by atoms with Crippen LogP contribution in [-0.2, 0) is 13.0 Å². The molecule has 1 unspecified atom stereocenters. The summed E-state index contributed by atoms with van der Waals surface area (Å²) in [6, 6.07) is 8.12. The van der Waals surface area contributed by atoms with Crippen molar-refractivity contribution in [1.29, 1.82) is 5.26 Å². The first-order chi connectivity index (χ1) is 12.8. The Hall–Kier alpha value is -2.89. The molecule has 1 atom stereocenters. The minimum Gasteiger partial charge on any atom is -0.365 e. The van der Waals surface area contributed by atoms with Gasteiger partial charge in [-0.2, -0.15) is 5.26 Å². The van der Waals surface area contributed by atoms with Crippen molar-refractivity contribution in [3.63, 3.8) is 0 Å². The fourth-order valence-electron chi connectivity index (χ4n) is 3.22. The van der Waals surface area contributed by atoms with Crippen LogP contribution in [0.1, 0.15) is 33.3 Å². The summed E-state index contributed by atoms with van der Waals surface area (Å²) >= 11 is 1.42. The summed E-state index contributed by atoms with van der Waals surface area (Å²) in [5, 5.41) is 14.8. The second-order valence-electron chi connectivity index (χ2n) is 6.91. The number of nitrogens with one attached hydrogen (secondary N) is 2. The number of hydrogen-bond acceptors (Lipinski definition) is 4. The number of primary amides is 1. The molecule has 0 fully saturated rings. The molecule has 3 amide bonds. The van der Waals surface area contributed by atoms with Crippen LogP contribution >= 0.6 is 11.3 Å². The highest BCUT2D eigenvalue weighted by molar-refractivity contribution is 7.17. The van der Waals surface area contributed by atoms with Gasteiger partial charge in [0.15, 0.2) is 0 Å². The van der Waals surface area contributed by atoms with Crippen LogP contribution in [0.25, 0.3) is 0 Å². The predicted molar refractivity (Wildman–Crippen MR) is 106 cm³/mol. The molecule has 0 saturated heterocycles. The second-order valence-corrected chi connectivity index (χ2v) is 8.01. The molecule has 1 aromatic carbocycles. The summed E-state index contributed by atoms with van der Waals surface area (Å²) in [7, 11) is 2.19. The molecule has 0 bridgehead atoms. The molecule has 1 aromatic heterocycles. The van der Waals surface area contributed by atoms with Crippen LogP contribution in [0.4, 0.5) is 15.5 Å². The van der Waals surface area contributed by atoms with E-state index >= 15 is 0 Å². The van der Waals surface area contributed by atoms with Crippen molar-refractivity contribution in [2.45, 2.75) is 19.9 Å². The van der Waals surface area contributed by atoms with Crippen molar-refractivity contribution in [1.82, 2.24) is 0 Å². The molecule has 1 aliphatic rings. The highest BCUT2D eigenvalue weighted by Crippen LogP contribution is 2.38. The molecule has 3 rings (SSSR count). The monoisotopic (exact) mass is 384 g/mol. The van der Waals surface area contributed by atoms with Crippen LogP contribution in [0.15, 0.2) is 24.3 Å². The normalized spacial score (nSPS) is 18.3. The van der Waals surface area contributed by atoms with E-state index in [4.69, 9.17) is 11.0 Å². The van der Waals surface area contributed by atoms with Crippen LogP contribution in [0.2, 0.25) is 0 Å². The Kier molecular flexibility index (Phi) is 5.17. The SMILES string of the molecule is CC[N+]1(C)CCc2c(sc(NC(=O)Nc3ccc(C#N)cc3)c2C(N)=O)C1. The Morgan fingerprint density at radius 3 is 2.59 bits per heavy atom. The van der Waals surface area contributed by atoms with Crippen LogP contribution in [0.3, 0.4) is 0 Å². The van der Waals surface area contributed by atoms with E-state index in [-0.39, 0.29) is 0 Å². The number of amides is 3. The third kappa shape index (κ3) is 3.94. The maximum atomic E-state index is 12.4. The molecule has 8 heteroatoms. The number of likely N-dealkylation sites (N-methyl/N-ethyl adjacent to an activating group) is 1. The Morgan fingerprint density at radius 1 is 1.30 bits per heavy atom. The summed E-state index contributed by atoms with van der Waals surface area (Å²) in [6.07, 6.45) is 0.771. The minimum atomic E-state index is -0.520. The maximum absolute atomic E-state index is 12.4. The number of carbonyl (C=O) groups excluding carboxylic acids is 2. The van der Waals surface area contributed by atoms with Gasteiger partial charge in [0.25, 0.3) is 5.91 Å². The molecule has 4 N–H and O–H groups in total. The summed E-state index contributed by atoms with van der Waals surface area (Å²) < 4.78 is 0.905. The van der Waals surface area contributed by atoms with Crippen LogP contribution in [0.5, 0.6) is 0 Å². The van der Waals surface area contributed by atoms with E-state index in [1.54, 1.807) is 24.3 Å². The number of carbonyl (C=O) groups is 2. The van der Waals surface area contributed by atoms with Gasteiger partial charge in [-0.05, 0) is 36.8 Å². The van der Waals surface area contributed by atoms with Crippen molar-refractivity contribution in [3.8, 4) is 6.07 Å². The van der Waals surface area contributed by atoms with Gasteiger partial charge in [0.05, 0.1) is 42.2 Å². The summed E-state index contributed by atoms with van der Waals surface area (Å²) in [4.78, 5) is 25.5. The molecule has 1 aliphatic heterocycles. The third-order valence-corrected chi connectivity index (χ3v) is 6.16. The van der Waals surface area contributed by atoms with E-state index in [0.717, 1.165) is 41.0 Å². The van der Waals surface area contributed by atoms with Gasteiger partial charge in [-0.3, -0.25) is 10.1 Å². The van der Waals surface area contributed by atoms with Crippen LogP contribution in [0, 0.1) is 11.3 Å². The molecular formula is C19H22N5O2S+. The average Bonchev–Trinajstić information content (AvgIpc) is 2.98. The van der Waals surface area contributed by atoms with Crippen molar-refractivity contribution < 1.29 is 14.1 Å². The lowest BCUT2D eigenvalue weighted by molar-refractivity contribution is -0.922. The largest absolute Gasteiger partial charge is 0.365 e. The Labute approximate surface area is 162 Å². The number of urea groups is 1. The number of thiophene rings is 1. The smallest absolute Gasteiger partial charge is 0.324 e. The molecule has 7 nitrogen and oxygen atoms in total. The van der Waals surface area contributed by atoms with Gasteiger partial charge < -0.3 is 15.5 Å². The molecule has 2 heterocycles. The topological polar surface area (TPSA) is 108 Å². The first-order valence-corrected chi connectivity index (χ1v) is 9.53. The lowest BCUT2D eigenvalue weighted by atomic mass is 10.0. The van der Waals surface area contributed by atoms with Crippen LogP contribution < -0.4 is 16.4 Å². The Bertz CT molecular complexity index is 929. The third-order valence-electron chi connectivity index (χ3n) is 5.03.